The van der Waals surface area contributed by atoms with Crippen molar-refractivity contribution in [2.24, 2.45) is 7.05 Å². The van der Waals surface area contributed by atoms with Crippen molar-refractivity contribution in [1.29, 1.82) is 0 Å². The van der Waals surface area contributed by atoms with Gasteiger partial charge in [-0.2, -0.15) is 0 Å². The minimum absolute atomic E-state index is 0.562. The molecule has 0 aliphatic rings. The summed E-state index contributed by atoms with van der Waals surface area (Å²) in [5, 5.41) is 12.0. The van der Waals surface area contributed by atoms with Gasteiger partial charge in [0.25, 0.3) is 0 Å². The summed E-state index contributed by atoms with van der Waals surface area (Å²) in [5.74, 6) is -0.829. The molecular formula is C21H17BrN2O2S. The Balaban J connectivity index is 2.07. The molecule has 6 heteroatoms. The summed E-state index contributed by atoms with van der Waals surface area (Å²) >= 11 is 4.98. The molecule has 0 radical (unpaired) electrons. The second-order valence-corrected chi connectivity index (χ2v) is 8.53. The van der Waals surface area contributed by atoms with Gasteiger partial charge in [0.1, 0.15) is 5.25 Å². The van der Waals surface area contributed by atoms with Crippen LogP contribution in [0.1, 0.15) is 6.92 Å². The van der Waals surface area contributed by atoms with Crippen LogP contribution in [0.2, 0.25) is 0 Å². The fourth-order valence-corrected chi connectivity index (χ4v) is 4.81. The molecule has 0 bridgehead atoms. The fraction of sp³-hybridized carbons (Fsp3) is 0.143. The number of fused-ring (bicyclic) bond motifs is 2. The van der Waals surface area contributed by atoms with Crippen molar-refractivity contribution in [2.45, 2.75) is 17.2 Å². The number of halogens is 1. The number of aryl methyl sites for hydroxylation is 1. The smallest absolute Gasteiger partial charge is 0.316 e. The van der Waals surface area contributed by atoms with Crippen LogP contribution in [0.3, 0.4) is 0 Å². The molecule has 4 rings (SSSR count). The zero-order valence-electron chi connectivity index (χ0n) is 14.8. The number of carboxylic acid groups (broad SMARTS) is 1. The molecular weight excluding hydrogens is 424 g/mol. The molecule has 0 spiro atoms. The number of benzene rings is 2. The maximum Gasteiger partial charge on any atom is 0.316 e. The fourth-order valence-electron chi connectivity index (χ4n) is 3.32. The minimum Gasteiger partial charge on any atom is -0.480 e. The number of hydrogen-bond acceptors (Lipinski definition) is 3. The van der Waals surface area contributed by atoms with E-state index in [2.05, 4.69) is 39.1 Å². The largest absolute Gasteiger partial charge is 0.480 e. The molecule has 0 amide bonds. The molecule has 0 aliphatic carbocycles. The van der Waals surface area contributed by atoms with E-state index in [1.165, 1.54) is 11.8 Å². The topological polar surface area (TPSA) is 55.1 Å². The van der Waals surface area contributed by atoms with E-state index >= 15 is 0 Å². The molecule has 0 aliphatic heterocycles. The maximum absolute atomic E-state index is 11.5. The third-order valence-electron chi connectivity index (χ3n) is 4.68. The molecule has 0 saturated heterocycles. The number of thioether (sulfide) groups is 1. The zero-order chi connectivity index (χ0) is 19.1. The van der Waals surface area contributed by atoms with Gasteiger partial charge in [0.05, 0.1) is 16.1 Å². The number of carbonyl (C=O) groups is 1. The van der Waals surface area contributed by atoms with Gasteiger partial charge in [-0.25, -0.2) is 0 Å². The van der Waals surface area contributed by atoms with Crippen LogP contribution < -0.4 is 0 Å². The van der Waals surface area contributed by atoms with Gasteiger partial charge >= 0.3 is 5.97 Å². The molecule has 1 N–H and O–H groups in total. The molecule has 2 aromatic carbocycles. The number of pyridine rings is 1. The van der Waals surface area contributed by atoms with Gasteiger partial charge in [0, 0.05) is 23.3 Å². The summed E-state index contributed by atoms with van der Waals surface area (Å²) in [5.41, 5.74) is 3.90. The van der Waals surface area contributed by atoms with Gasteiger partial charge < -0.3 is 9.67 Å². The molecule has 1 unspecified atom stereocenters. The van der Waals surface area contributed by atoms with Crippen molar-refractivity contribution in [3.05, 3.63) is 59.2 Å². The Bertz CT molecular complexity index is 1190. The van der Waals surface area contributed by atoms with Gasteiger partial charge in [-0.15, -0.1) is 0 Å². The summed E-state index contributed by atoms with van der Waals surface area (Å²) in [6.07, 6.45) is 1.78. The van der Waals surface area contributed by atoms with Crippen LogP contribution >= 0.6 is 27.7 Å². The SMILES string of the molecule is CC(Sc1c(-c2ccc(Br)c3ccccc23)c2ncccc2n1C)C(=O)O. The normalized spacial score (nSPS) is 12.6. The molecule has 1 atom stereocenters. The van der Waals surface area contributed by atoms with Crippen LogP contribution in [0.25, 0.3) is 32.9 Å². The third kappa shape index (κ3) is 3.03. The average molecular weight is 441 g/mol. The number of hydrogen-bond donors (Lipinski definition) is 1. The highest BCUT2D eigenvalue weighted by molar-refractivity contribution is 9.10. The Morgan fingerprint density at radius 1 is 1.15 bits per heavy atom. The summed E-state index contributed by atoms with van der Waals surface area (Å²) < 4.78 is 3.07. The highest BCUT2D eigenvalue weighted by Crippen LogP contribution is 2.43. The lowest BCUT2D eigenvalue weighted by Gasteiger charge is -2.13. The van der Waals surface area contributed by atoms with E-state index in [1.54, 1.807) is 13.1 Å². The standard InChI is InChI=1S/C21H17BrN2O2S/c1-12(21(25)26)27-20-18(19-17(24(20)2)8-5-11-23-19)15-9-10-16(22)14-7-4-3-6-13(14)15/h3-12H,1-2H3,(H,25,26). The van der Waals surface area contributed by atoms with E-state index in [4.69, 9.17) is 0 Å². The van der Waals surface area contributed by atoms with Crippen LogP contribution in [-0.4, -0.2) is 25.9 Å². The Morgan fingerprint density at radius 2 is 1.89 bits per heavy atom. The van der Waals surface area contributed by atoms with Crippen molar-refractivity contribution >= 4 is 55.5 Å². The van der Waals surface area contributed by atoms with E-state index in [-0.39, 0.29) is 0 Å². The monoisotopic (exact) mass is 440 g/mol. The van der Waals surface area contributed by atoms with Crippen LogP contribution in [0.5, 0.6) is 0 Å². The molecule has 0 saturated carbocycles. The Labute approximate surface area is 169 Å². The molecule has 0 fully saturated rings. The van der Waals surface area contributed by atoms with Crippen LogP contribution in [0.4, 0.5) is 0 Å². The van der Waals surface area contributed by atoms with Crippen molar-refractivity contribution in [2.75, 3.05) is 0 Å². The van der Waals surface area contributed by atoms with E-state index in [1.807, 2.05) is 41.9 Å². The van der Waals surface area contributed by atoms with E-state index in [9.17, 15) is 9.90 Å². The molecule has 136 valence electrons. The predicted octanol–water partition coefficient (Wildman–Crippen LogP) is 5.72. The lowest BCUT2D eigenvalue weighted by molar-refractivity contribution is -0.136. The molecule has 2 aromatic heterocycles. The summed E-state index contributed by atoms with van der Waals surface area (Å²) in [6, 6.07) is 16.2. The second kappa shape index (κ2) is 7.02. The Hall–Kier alpha value is -2.31. The van der Waals surface area contributed by atoms with Crippen molar-refractivity contribution in [3.63, 3.8) is 0 Å². The Morgan fingerprint density at radius 3 is 2.63 bits per heavy atom. The number of aliphatic carboxylic acids is 1. The van der Waals surface area contributed by atoms with Gasteiger partial charge in [0.15, 0.2) is 0 Å². The zero-order valence-corrected chi connectivity index (χ0v) is 17.2. The summed E-state index contributed by atoms with van der Waals surface area (Å²) in [4.78, 5) is 16.1. The van der Waals surface area contributed by atoms with Crippen molar-refractivity contribution in [1.82, 2.24) is 9.55 Å². The van der Waals surface area contributed by atoms with Crippen LogP contribution in [-0.2, 0) is 11.8 Å². The highest BCUT2D eigenvalue weighted by atomic mass is 79.9. The number of rotatable bonds is 4. The third-order valence-corrected chi connectivity index (χ3v) is 6.63. The molecule has 27 heavy (non-hydrogen) atoms. The maximum atomic E-state index is 11.5. The first kappa shape index (κ1) is 18.1. The average Bonchev–Trinajstić information content (AvgIpc) is 2.95. The number of aromatic nitrogens is 2. The first-order chi connectivity index (χ1) is 13.0. The Kier molecular flexibility index (Phi) is 4.70. The van der Waals surface area contributed by atoms with Crippen molar-refractivity contribution in [3.8, 4) is 11.1 Å². The summed E-state index contributed by atoms with van der Waals surface area (Å²) in [7, 11) is 1.96. The predicted molar refractivity (Wildman–Crippen MR) is 114 cm³/mol. The molecule has 4 nitrogen and oxygen atoms in total. The van der Waals surface area contributed by atoms with Crippen molar-refractivity contribution < 1.29 is 9.90 Å². The first-order valence-corrected chi connectivity index (χ1v) is 10.2. The summed E-state index contributed by atoms with van der Waals surface area (Å²) in [6.45, 7) is 1.71. The van der Waals surface area contributed by atoms with Gasteiger partial charge in [-0.1, -0.05) is 58.0 Å². The minimum atomic E-state index is -0.829. The quantitative estimate of drug-likeness (QED) is 0.412. The van der Waals surface area contributed by atoms with E-state index < -0.39 is 11.2 Å². The van der Waals surface area contributed by atoms with Gasteiger partial charge in [0.2, 0.25) is 0 Å². The van der Waals surface area contributed by atoms with Gasteiger partial charge in [-0.3, -0.25) is 9.78 Å². The highest BCUT2D eigenvalue weighted by Gasteiger charge is 2.24. The van der Waals surface area contributed by atoms with Crippen LogP contribution in [0, 0.1) is 0 Å². The van der Waals surface area contributed by atoms with Crippen LogP contribution in [0.15, 0.2) is 64.2 Å². The second-order valence-electron chi connectivity index (χ2n) is 6.35. The van der Waals surface area contributed by atoms with E-state index in [0.717, 1.165) is 42.4 Å². The molecule has 2 heterocycles. The lowest BCUT2D eigenvalue weighted by atomic mass is 9.99. The number of carboxylic acids is 1. The molecule has 4 aromatic rings. The first-order valence-electron chi connectivity index (χ1n) is 8.49. The van der Waals surface area contributed by atoms with Gasteiger partial charge in [-0.05, 0) is 41.5 Å². The number of nitrogens with zero attached hydrogens (tertiary/aromatic N) is 2. The lowest BCUT2D eigenvalue weighted by Crippen LogP contribution is -2.12. The van der Waals surface area contributed by atoms with E-state index in [0.29, 0.717) is 0 Å².